The number of rotatable bonds is 2. The number of likely N-dealkylation sites (N-methyl/N-ethyl adjacent to an activating group) is 2. The number of likely N-dealkylation sites (tertiary alicyclic amines) is 2. The number of carbonyl (C=O) groups excluding carboxylic acids is 4. The third-order valence-corrected chi connectivity index (χ3v) is 6.84. The summed E-state index contributed by atoms with van der Waals surface area (Å²) in [7, 11) is 2.91. The molecule has 0 unspecified atom stereocenters. The van der Waals surface area contributed by atoms with Gasteiger partial charge >= 0.3 is 0 Å². The van der Waals surface area contributed by atoms with E-state index >= 15 is 0 Å². The molecule has 154 valence electrons. The zero-order valence-electron chi connectivity index (χ0n) is 16.2. The van der Waals surface area contributed by atoms with Gasteiger partial charge in [0.2, 0.25) is 23.6 Å². The Kier molecular flexibility index (Phi) is 3.33. The molecule has 4 fully saturated rings. The second kappa shape index (κ2) is 5.67. The van der Waals surface area contributed by atoms with Crippen LogP contribution in [-0.2, 0) is 19.2 Å². The highest BCUT2D eigenvalue weighted by atomic mass is 16.3. The summed E-state index contributed by atoms with van der Waals surface area (Å²) in [4.78, 5) is 54.6. The van der Waals surface area contributed by atoms with E-state index in [-0.39, 0.29) is 23.6 Å². The minimum Gasteiger partial charge on any atom is -0.468 e. The minimum absolute atomic E-state index is 0.333. The fourth-order valence-electron chi connectivity index (χ4n) is 5.59. The smallest absolute Gasteiger partial charge is 0.248 e. The molecule has 10 heteroatoms. The summed E-state index contributed by atoms with van der Waals surface area (Å²) in [5.74, 6) is -1.96. The Bertz CT molecular complexity index is 993. The van der Waals surface area contributed by atoms with Crippen LogP contribution in [0, 0.1) is 11.8 Å². The first-order valence-electron chi connectivity index (χ1n) is 9.69. The molecule has 4 aliphatic rings. The summed E-state index contributed by atoms with van der Waals surface area (Å²) in [6.07, 6.45) is 2.98. The maximum absolute atomic E-state index is 13.1. The minimum atomic E-state index is -0.843. The lowest BCUT2D eigenvalue weighted by Crippen LogP contribution is -2.49. The van der Waals surface area contributed by atoms with Crippen LogP contribution >= 0.6 is 0 Å². The molecule has 0 saturated carbocycles. The van der Waals surface area contributed by atoms with E-state index in [2.05, 4.69) is 0 Å². The Morgan fingerprint density at radius 2 is 1.03 bits per heavy atom. The molecule has 4 aliphatic heterocycles. The van der Waals surface area contributed by atoms with Crippen LogP contribution in [0.1, 0.15) is 23.6 Å². The molecule has 0 spiro atoms. The van der Waals surface area contributed by atoms with Crippen molar-refractivity contribution in [1.82, 2.24) is 19.8 Å². The van der Waals surface area contributed by atoms with Crippen molar-refractivity contribution >= 4 is 23.6 Å². The van der Waals surface area contributed by atoms with E-state index < -0.39 is 36.0 Å². The van der Waals surface area contributed by atoms with Crippen LogP contribution in [-0.4, -0.2) is 69.6 Å². The van der Waals surface area contributed by atoms with E-state index in [0.29, 0.717) is 11.5 Å². The van der Waals surface area contributed by atoms with Gasteiger partial charge in [-0.3, -0.25) is 29.0 Å². The molecule has 6 rings (SSSR count). The first-order chi connectivity index (χ1) is 14.4. The highest BCUT2D eigenvalue weighted by Gasteiger charge is 2.73. The van der Waals surface area contributed by atoms with Crippen molar-refractivity contribution in [1.29, 1.82) is 0 Å². The van der Waals surface area contributed by atoms with Crippen molar-refractivity contribution in [3.63, 3.8) is 0 Å². The zero-order valence-corrected chi connectivity index (χ0v) is 16.2. The number of imide groups is 2. The predicted octanol–water partition coefficient (Wildman–Crippen LogP) is 0.168. The number of fused-ring (bicyclic) bond motifs is 5. The van der Waals surface area contributed by atoms with Crippen molar-refractivity contribution in [2.24, 2.45) is 11.8 Å². The highest BCUT2D eigenvalue weighted by Crippen LogP contribution is 2.58. The number of hydrogen-bond acceptors (Lipinski definition) is 8. The number of carbonyl (C=O) groups is 4. The second-order valence-electron chi connectivity index (χ2n) is 8.09. The standard InChI is InChI=1S/C20H18N4O6/c1-21-17(25)11-13(9-5-3-7-29-9)24-16-12(18(26)22(2)20(16)28)14(10-6-4-8-30-10)23(24)15(11)19(21)27/h3-8,11-16H,1-2H3/t11-,12-,13-,14+,15+,16-/m1/s1. The van der Waals surface area contributed by atoms with Crippen molar-refractivity contribution in [2.45, 2.75) is 24.2 Å². The number of nitrogens with zero attached hydrogens (tertiary/aromatic N) is 4. The molecule has 0 radical (unpaired) electrons. The average molecular weight is 410 g/mol. The van der Waals surface area contributed by atoms with Gasteiger partial charge in [0.05, 0.1) is 36.4 Å². The summed E-state index contributed by atoms with van der Waals surface area (Å²) >= 11 is 0. The molecule has 0 N–H and O–H groups in total. The SMILES string of the molecule is CN1C(=O)[C@H]2[C@@H](C1=O)N1[C@@H](c3ccco3)[C@H]3C(=O)N(C)C(=O)[C@@H]3N1[C@@H]2c1ccco1. The molecule has 4 amide bonds. The molecule has 0 bridgehead atoms. The van der Waals surface area contributed by atoms with E-state index in [4.69, 9.17) is 8.83 Å². The van der Waals surface area contributed by atoms with Crippen LogP contribution in [0.25, 0.3) is 0 Å². The van der Waals surface area contributed by atoms with Crippen molar-refractivity contribution in [3.8, 4) is 0 Å². The quantitative estimate of drug-likeness (QED) is 0.645. The summed E-state index contributed by atoms with van der Waals surface area (Å²) in [6.45, 7) is 0. The van der Waals surface area contributed by atoms with E-state index in [1.807, 2.05) is 0 Å². The average Bonchev–Trinajstić information content (AvgIpc) is 3.54. The lowest BCUT2D eigenvalue weighted by molar-refractivity contribution is -0.152. The maximum Gasteiger partial charge on any atom is 0.248 e. The molecule has 4 saturated heterocycles. The molecule has 30 heavy (non-hydrogen) atoms. The Morgan fingerprint density at radius 3 is 1.37 bits per heavy atom. The van der Waals surface area contributed by atoms with Crippen LogP contribution in [0.3, 0.4) is 0 Å². The van der Waals surface area contributed by atoms with E-state index in [1.54, 1.807) is 34.3 Å². The van der Waals surface area contributed by atoms with Gasteiger partial charge in [-0.1, -0.05) is 0 Å². The number of amides is 4. The molecule has 0 aromatic carbocycles. The van der Waals surface area contributed by atoms with Crippen LogP contribution in [0.5, 0.6) is 0 Å². The molecular weight excluding hydrogens is 392 g/mol. The monoisotopic (exact) mass is 410 g/mol. The van der Waals surface area contributed by atoms with Crippen LogP contribution in [0.4, 0.5) is 0 Å². The van der Waals surface area contributed by atoms with E-state index in [0.717, 1.165) is 9.80 Å². The Hall–Kier alpha value is -3.24. The van der Waals surface area contributed by atoms with Gasteiger partial charge in [-0.25, -0.2) is 10.0 Å². The van der Waals surface area contributed by atoms with Gasteiger partial charge in [-0.15, -0.1) is 0 Å². The normalized spacial score (nSPS) is 36.2. The van der Waals surface area contributed by atoms with E-state index in [9.17, 15) is 19.2 Å². The molecule has 6 atom stereocenters. The van der Waals surface area contributed by atoms with Gasteiger partial charge in [0.15, 0.2) is 0 Å². The zero-order chi connectivity index (χ0) is 20.9. The predicted molar refractivity (Wildman–Crippen MR) is 96.7 cm³/mol. The van der Waals surface area contributed by atoms with Crippen molar-refractivity contribution < 1.29 is 28.0 Å². The molecule has 2 aromatic heterocycles. The molecule has 10 nitrogen and oxygen atoms in total. The largest absolute Gasteiger partial charge is 0.468 e. The molecule has 6 heterocycles. The van der Waals surface area contributed by atoms with Gasteiger partial charge in [0.25, 0.3) is 0 Å². The Balaban J connectivity index is 1.59. The Morgan fingerprint density at radius 1 is 0.633 bits per heavy atom. The summed E-state index contributed by atoms with van der Waals surface area (Å²) in [6, 6.07) is 3.80. The van der Waals surface area contributed by atoms with Crippen LogP contribution in [0.2, 0.25) is 0 Å². The first-order valence-corrected chi connectivity index (χ1v) is 9.69. The fraction of sp³-hybridized carbons (Fsp3) is 0.400. The van der Waals surface area contributed by atoms with Crippen molar-refractivity contribution in [3.05, 3.63) is 48.3 Å². The van der Waals surface area contributed by atoms with Gasteiger partial charge in [-0.05, 0) is 24.3 Å². The van der Waals surface area contributed by atoms with Crippen LogP contribution in [0.15, 0.2) is 45.6 Å². The lowest BCUT2D eigenvalue weighted by atomic mass is 9.87. The van der Waals surface area contributed by atoms with Crippen LogP contribution < -0.4 is 0 Å². The van der Waals surface area contributed by atoms with E-state index in [1.165, 1.54) is 26.6 Å². The first kappa shape index (κ1) is 17.6. The number of hydrogen-bond donors (Lipinski definition) is 0. The summed E-state index contributed by atoms with van der Waals surface area (Å²) in [5, 5.41) is 3.44. The lowest BCUT2D eigenvalue weighted by Gasteiger charge is -2.33. The van der Waals surface area contributed by atoms with Gasteiger partial charge in [0, 0.05) is 14.1 Å². The number of hydrazine groups is 1. The fourth-order valence-corrected chi connectivity index (χ4v) is 5.59. The maximum atomic E-state index is 13.1. The topological polar surface area (TPSA) is 108 Å². The second-order valence-corrected chi connectivity index (χ2v) is 8.09. The third kappa shape index (κ3) is 1.86. The molecule has 0 aliphatic carbocycles. The van der Waals surface area contributed by atoms with Crippen molar-refractivity contribution in [2.75, 3.05) is 14.1 Å². The number of furan rings is 2. The van der Waals surface area contributed by atoms with Gasteiger partial charge in [0.1, 0.15) is 23.6 Å². The van der Waals surface area contributed by atoms with Gasteiger partial charge < -0.3 is 8.83 Å². The third-order valence-electron chi connectivity index (χ3n) is 6.84. The highest BCUT2D eigenvalue weighted by molar-refractivity contribution is 6.10. The summed E-state index contributed by atoms with van der Waals surface area (Å²) in [5.41, 5.74) is 0. The Labute approximate surface area is 170 Å². The van der Waals surface area contributed by atoms with Gasteiger partial charge in [-0.2, -0.15) is 0 Å². The molecular formula is C20H18N4O6. The summed E-state index contributed by atoms with van der Waals surface area (Å²) < 4.78 is 11.3. The molecule has 2 aromatic rings.